The summed E-state index contributed by atoms with van der Waals surface area (Å²) in [5, 5.41) is 22.8. The Kier molecular flexibility index (Phi) is 9.85. The van der Waals surface area contributed by atoms with Crippen LogP contribution in [-0.2, 0) is 20.7 Å². The fraction of sp³-hybridized carbons (Fsp3) is 0.370. The minimum absolute atomic E-state index is 0.157. The lowest BCUT2D eigenvalue weighted by atomic mass is 9.98. The van der Waals surface area contributed by atoms with Gasteiger partial charge in [0.1, 0.15) is 12.4 Å². The van der Waals surface area contributed by atoms with Crippen molar-refractivity contribution in [3.63, 3.8) is 0 Å². The van der Waals surface area contributed by atoms with Crippen LogP contribution in [-0.4, -0.2) is 63.7 Å². The van der Waals surface area contributed by atoms with E-state index in [1.807, 2.05) is 0 Å². The van der Waals surface area contributed by atoms with E-state index in [0.29, 0.717) is 42.8 Å². The van der Waals surface area contributed by atoms with Gasteiger partial charge in [-0.15, -0.1) is 5.10 Å². The van der Waals surface area contributed by atoms with Gasteiger partial charge in [0, 0.05) is 23.2 Å². The number of hydrogen-bond acceptors (Lipinski definition) is 8. The van der Waals surface area contributed by atoms with Crippen LogP contribution in [0.25, 0.3) is 5.69 Å². The molecule has 0 unspecified atom stereocenters. The molecule has 41 heavy (non-hydrogen) atoms. The van der Waals surface area contributed by atoms with Gasteiger partial charge in [-0.05, 0) is 71.7 Å². The fourth-order valence-electron chi connectivity index (χ4n) is 4.48. The van der Waals surface area contributed by atoms with Crippen molar-refractivity contribution in [3.05, 3.63) is 58.9 Å². The number of aromatic nitrogens is 4. The molecule has 0 saturated carbocycles. The minimum atomic E-state index is -0.799. The summed E-state index contributed by atoms with van der Waals surface area (Å²) in [6.07, 6.45) is 3.58. The van der Waals surface area contributed by atoms with E-state index in [9.17, 15) is 19.2 Å². The van der Waals surface area contributed by atoms with Gasteiger partial charge < -0.3 is 20.7 Å². The molecule has 3 aromatic rings. The van der Waals surface area contributed by atoms with E-state index in [1.165, 1.54) is 36.3 Å². The second-order valence-electron chi connectivity index (χ2n) is 9.65. The Bertz CT molecular complexity index is 1410. The Hall–Kier alpha value is -4.52. The molecular weight excluding hydrogens is 552 g/mol. The number of nitrogens with zero attached hydrogens (tertiary/aromatic N) is 4. The molecule has 1 aromatic heterocycles. The number of amides is 4. The second-order valence-corrected chi connectivity index (χ2v) is 10.1. The maximum atomic E-state index is 13.3. The molecule has 0 aliphatic carbocycles. The first kappa shape index (κ1) is 29.5. The molecule has 2 aromatic carbocycles. The van der Waals surface area contributed by atoms with Gasteiger partial charge in [-0.1, -0.05) is 31.4 Å². The number of carbonyl (C=O) groups excluding carboxylic acids is 4. The topological polar surface area (TPSA) is 169 Å². The second kappa shape index (κ2) is 13.7. The number of tetrazole rings is 1. The Balaban J connectivity index is 1.49. The van der Waals surface area contributed by atoms with Crippen molar-refractivity contribution in [3.8, 4) is 5.69 Å². The number of fused-ring (bicyclic) bond motifs is 1. The number of halogens is 1. The largest absolute Gasteiger partial charge is 0.453 e. The van der Waals surface area contributed by atoms with E-state index in [2.05, 4.69) is 41.5 Å². The Morgan fingerprint density at radius 1 is 1.15 bits per heavy atom. The quantitative estimate of drug-likeness (QED) is 0.343. The molecule has 4 amide bonds. The molecule has 1 aliphatic rings. The summed E-state index contributed by atoms with van der Waals surface area (Å²) < 4.78 is 6.14. The van der Waals surface area contributed by atoms with Crippen LogP contribution < -0.4 is 21.3 Å². The molecule has 0 spiro atoms. The van der Waals surface area contributed by atoms with Gasteiger partial charge in [0.15, 0.2) is 0 Å². The normalized spacial score (nSPS) is 17.6. The summed E-state index contributed by atoms with van der Waals surface area (Å²) in [6, 6.07) is 8.98. The van der Waals surface area contributed by atoms with Gasteiger partial charge in [0.05, 0.1) is 24.0 Å². The number of anilines is 2. The maximum Gasteiger partial charge on any atom is 0.411 e. The van der Waals surface area contributed by atoms with Gasteiger partial charge in [-0.3, -0.25) is 19.7 Å². The highest BCUT2D eigenvalue weighted by atomic mass is 35.5. The predicted molar refractivity (Wildman–Crippen MR) is 151 cm³/mol. The molecule has 4 rings (SSSR count). The summed E-state index contributed by atoms with van der Waals surface area (Å²) in [5.74, 6) is -1.42. The third-order valence-corrected chi connectivity index (χ3v) is 6.97. The maximum absolute atomic E-state index is 13.3. The van der Waals surface area contributed by atoms with Crippen molar-refractivity contribution in [2.75, 3.05) is 24.3 Å². The van der Waals surface area contributed by atoms with Crippen LogP contribution in [0.5, 0.6) is 0 Å². The Morgan fingerprint density at radius 3 is 2.71 bits per heavy atom. The van der Waals surface area contributed by atoms with Crippen molar-refractivity contribution < 1.29 is 23.9 Å². The van der Waals surface area contributed by atoms with Gasteiger partial charge >= 0.3 is 6.09 Å². The molecule has 0 saturated heterocycles. The van der Waals surface area contributed by atoms with E-state index in [4.69, 9.17) is 11.6 Å². The lowest BCUT2D eigenvalue weighted by Gasteiger charge is -2.22. The number of benzene rings is 2. The van der Waals surface area contributed by atoms with E-state index < -0.39 is 18.0 Å². The molecule has 14 heteroatoms. The summed E-state index contributed by atoms with van der Waals surface area (Å²) in [5.41, 5.74) is 2.28. The molecular formula is C27H31ClN8O5. The Labute approximate surface area is 241 Å². The summed E-state index contributed by atoms with van der Waals surface area (Å²) in [4.78, 5) is 51.0. The van der Waals surface area contributed by atoms with Crippen molar-refractivity contribution in [1.82, 2.24) is 30.8 Å². The number of methoxy groups -OCH3 is 1. The fourth-order valence-corrected chi connectivity index (χ4v) is 4.67. The van der Waals surface area contributed by atoms with Crippen LogP contribution in [0, 0.1) is 5.92 Å². The summed E-state index contributed by atoms with van der Waals surface area (Å²) in [7, 11) is 1.23. The highest BCUT2D eigenvalue weighted by molar-refractivity contribution is 6.30. The Morgan fingerprint density at radius 2 is 1.95 bits per heavy atom. The van der Waals surface area contributed by atoms with E-state index in [-0.39, 0.29) is 35.5 Å². The first-order valence-corrected chi connectivity index (χ1v) is 13.5. The first-order valence-electron chi connectivity index (χ1n) is 13.2. The number of ether oxygens (including phenoxy) is 1. The third kappa shape index (κ3) is 7.78. The van der Waals surface area contributed by atoms with E-state index >= 15 is 0 Å². The molecule has 0 radical (unpaired) electrons. The summed E-state index contributed by atoms with van der Waals surface area (Å²) >= 11 is 6.20. The number of hydrogen-bond donors (Lipinski definition) is 4. The highest BCUT2D eigenvalue weighted by Gasteiger charge is 2.25. The van der Waals surface area contributed by atoms with Crippen LogP contribution in [0.4, 0.5) is 16.2 Å². The van der Waals surface area contributed by atoms with Gasteiger partial charge in [0.25, 0.3) is 5.91 Å². The smallest absolute Gasteiger partial charge is 0.411 e. The zero-order valence-electron chi connectivity index (χ0n) is 22.6. The zero-order valence-corrected chi connectivity index (χ0v) is 23.4. The average molecular weight is 583 g/mol. The predicted octanol–water partition coefficient (Wildman–Crippen LogP) is 3.10. The lowest BCUT2D eigenvalue weighted by molar-refractivity contribution is -0.123. The molecule has 0 fully saturated rings. The van der Waals surface area contributed by atoms with Crippen LogP contribution in [0.15, 0.2) is 42.7 Å². The van der Waals surface area contributed by atoms with Crippen molar-refractivity contribution in [2.24, 2.45) is 5.92 Å². The van der Waals surface area contributed by atoms with Crippen LogP contribution in [0.2, 0.25) is 5.02 Å². The molecule has 216 valence electrons. The average Bonchev–Trinajstić information content (AvgIpc) is 3.48. The number of carbonyl (C=O) groups is 4. The number of rotatable bonds is 6. The van der Waals surface area contributed by atoms with Gasteiger partial charge in [-0.25, -0.2) is 9.48 Å². The third-order valence-electron chi connectivity index (χ3n) is 6.73. The van der Waals surface area contributed by atoms with Crippen molar-refractivity contribution in [2.45, 2.75) is 45.1 Å². The highest BCUT2D eigenvalue weighted by Crippen LogP contribution is 2.24. The monoisotopic (exact) mass is 582 g/mol. The molecule has 13 nitrogen and oxygen atoms in total. The van der Waals surface area contributed by atoms with Crippen molar-refractivity contribution in [1.29, 1.82) is 0 Å². The summed E-state index contributed by atoms with van der Waals surface area (Å²) in [6.45, 7) is 2.09. The molecule has 2 heterocycles. The molecule has 0 bridgehead atoms. The first-order chi connectivity index (χ1) is 19.7. The van der Waals surface area contributed by atoms with E-state index in [1.54, 1.807) is 25.1 Å². The molecule has 1 aliphatic heterocycles. The zero-order chi connectivity index (χ0) is 29.4. The molecule has 2 atom stereocenters. The van der Waals surface area contributed by atoms with Crippen LogP contribution in [0.3, 0.4) is 0 Å². The SMILES string of the molecule is COC(=O)Nc1ccc2c(c1)NC(=O)[C@@H](C)CCCC[C@@H](C(=O)NCCc1cc(Cl)ccc1-n1cnnn1)NC2=O. The number of nitrogens with one attached hydrogen (secondary N) is 4. The minimum Gasteiger partial charge on any atom is -0.453 e. The van der Waals surface area contributed by atoms with E-state index in [0.717, 1.165) is 11.3 Å². The molecule has 4 N–H and O–H groups in total. The van der Waals surface area contributed by atoms with Crippen LogP contribution in [0.1, 0.15) is 48.5 Å². The standard InChI is InChI=1S/C27H31ClN8O5/c1-16-5-3-4-6-21(26(39)29-12-11-17-13-18(28)7-10-23(17)36-15-30-34-35-36)32-25(38)20-9-8-19(31-27(40)41-2)14-22(20)33-24(16)37/h7-10,13-16,21H,3-6,11-12H2,1-2H3,(H,29,39)(H,31,40)(H,32,38)(H,33,37)/t16-,21-/m0/s1. The van der Waals surface area contributed by atoms with Crippen LogP contribution >= 0.6 is 11.6 Å². The lowest BCUT2D eigenvalue weighted by Crippen LogP contribution is -2.47. The van der Waals surface area contributed by atoms with Gasteiger partial charge in [-0.2, -0.15) is 0 Å². The van der Waals surface area contributed by atoms with Gasteiger partial charge in [0.2, 0.25) is 11.8 Å². The van der Waals surface area contributed by atoms with Crippen molar-refractivity contribution >= 4 is 46.8 Å².